The molecule has 0 amide bonds. The van der Waals surface area contributed by atoms with Crippen LogP contribution in [0.1, 0.15) is 19.8 Å². The van der Waals surface area contributed by atoms with Crippen molar-refractivity contribution in [1.29, 1.82) is 0 Å². The van der Waals surface area contributed by atoms with Gasteiger partial charge in [0.05, 0.1) is 23.2 Å². The van der Waals surface area contributed by atoms with E-state index in [1.807, 2.05) is 0 Å². The van der Waals surface area contributed by atoms with Crippen molar-refractivity contribution in [3.05, 3.63) is 0 Å². The van der Waals surface area contributed by atoms with Gasteiger partial charge in [-0.3, -0.25) is 0 Å². The molecule has 66 valence electrons. The van der Waals surface area contributed by atoms with E-state index in [-0.39, 0.29) is 0 Å². The van der Waals surface area contributed by atoms with Crippen LogP contribution < -0.4 is 0 Å². The van der Waals surface area contributed by atoms with Crippen molar-refractivity contribution in [1.82, 2.24) is 0 Å². The summed E-state index contributed by atoms with van der Waals surface area (Å²) in [5, 5.41) is 0. The molecule has 0 spiro atoms. The fourth-order valence-corrected chi connectivity index (χ4v) is 1.71. The lowest BCUT2D eigenvalue weighted by atomic mass is 10.3. The third kappa shape index (κ3) is 3.25. The summed E-state index contributed by atoms with van der Waals surface area (Å²) >= 11 is 2.40. The lowest BCUT2D eigenvalue weighted by Gasteiger charge is -2.12. The van der Waals surface area contributed by atoms with Crippen LogP contribution >= 0.6 is 22.6 Å². The normalized spacial score (nSPS) is 31.1. The second-order valence-corrected chi connectivity index (χ2v) is 4.42. The first-order chi connectivity index (χ1) is 5.34. The molecule has 0 saturated carbocycles. The maximum Gasteiger partial charge on any atom is 0.0948 e. The SMILES string of the molecule is CCCCOC1COCC1I. The molecule has 1 saturated heterocycles. The Labute approximate surface area is 81.8 Å². The summed E-state index contributed by atoms with van der Waals surface area (Å²) in [6, 6.07) is 0. The van der Waals surface area contributed by atoms with E-state index >= 15 is 0 Å². The molecule has 0 radical (unpaired) electrons. The summed E-state index contributed by atoms with van der Waals surface area (Å²) in [5.74, 6) is 0. The van der Waals surface area contributed by atoms with Crippen molar-refractivity contribution in [3.8, 4) is 0 Å². The van der Waals surface area contributed by atoms with Gasteiger partial charge in [-0.25, -0.2) is 0 Å². The molecule has 2 atom stereocenters. The molecule has 0 bridgehead atoms. The monoisotopic (exact) mass is 270 g/mol. The molecule has 1 aliphatic heterocycles. The van der Waals surface area contributed by atoms with E-state index < -0.39 is 0 Å². The Morgan fingerprint density at radius 2 is 2.36 bits per heavy atom. The van der Waals surface area contributed by atoms with E-state index in [1.54, 1.807) is 0 Å². The Morgan fingerprint density at radius 1 is 1.55 bits per heavy atom. The fraction of sp³-hybridized carbons (Fsp3) is 1.00. The van der Waals surface area contributed by atoms with Gasteiger partial charge >= 0.3 is 0 Å². The van der Waals surface area contributed by atoms with Crippen molar-refractivity contribution >= 4 is 22.6 Å². The first-order valence-electron chi connectivity index (χ1n) is 4.18. The van der Waals surface area contributed by atoms with Gasteiger partial charge in [-0.05, 0) is 6.42 Å². The van der Waals surface area contributed by atoms with E-state index in [4.69, 9.17) is 9.47 Å². The number of ether oxygens (including phenoxy) is 2. The van der Waals surface area contributed by atoms with E-state index in [2.05, 4.69) is 29.5 Å². The predicted molar refractivity (Wildman–Crippen MR) is 53.3 cm³/mol. The van der Waals surface area contributed by atoms with Gasteiger partial charge in [0.25, 0.3) is 0 Å². The van der Waals surface area contributed by atoms with Gasteiger partial charge in [-0.2, -0.15) is 0 Å². The molecular formula is C8H15IO2. The molecule has 1 aliphatic rings. The Balaban J connectivity index is 2.05. The zero-order chi connectivity index (χ0) is 8.10. The van der Waals surface area contributed by atoms with Gasteiger partial charge in [0.15, 0.2) is 0 Å². The molecule has 0 aromatic carbocycles. The first kappa shape index (κ1) is 9.74. The van der Waals surface area contributed by atoms with Crippen LogP contribution in [-0.2, 0) is 9.47 Å². The Kier molecular flexibility index (Phi) is 4.71. The number of hydrogen-bond donors (Lipinski definition) is 0. The lowest BCUT2D eigenvalue weighted by Crippen LogP contribution is -2.22. The highest BCUT2D eigenvalue weighted by Crippen LogP contribution is 2.18. The highest BCUT2D eigenvalue weighted by Gasteiger charge is 2.25. The average molecular weight is 270 g/mol. The fourth-order valence-electron chi connectivity index (χ4n) is 1.04. The van der Waals surface area contributed by atoms with E-state index in [0.717, 1.165) is 19.8 Å². The zero-order valence-electron chi connectivity index (χ0n) is 6.88. The summed E-state index contributed by atoms with van der Waals surface area (Å²) in [5.41, 5.74) is 0. The molecule has 1 rings (SSSR count). The van der Waals surface area contributed by atoms with Crippen molar-refractivity contribution in [3.63, 3.8) is 0 Å². The van der Waals surface area contributed by atoms with Gasteiger partial charge in [0.2, 0.25) is 0 Å². The van der Waals surface area contributed by atoms with E-state index in [0.29, 0.717) is 10.0 Å². The van der Waals surface area contributed by atoms with Gasteiger partial charge < -0.3 is 9.47 Å². The van der Waals surface area contributed by atoms with Crippen molar-refractivity contribution < 1.29 is 9.47 Å². The molecule has 0 aromatic heterocycles. The summed E-state index contributed by atoms with van der Waals surface area (Å²) in [4.78, 5) is 0. The summed E-state index contributed by atoms with van der Waals surface area (Å²) in [6.45, 7) is 4.72. The Morgan fingerprint density at radius 3 is 2.91 bits per heavy atom. The van der Waals surface area contributed by atoms with Crippen LogP contribution in [0.4, 0.5) is 0 Å². The van der Waals surface area contributed by atoms with E-state index in [9.17, 15) is 0 Å². The second kappa shape index (κ2) is 5.32. The molecule has 3 heteroatoms. The Hall–Kier alpha value is 0.650. The van der Waals surface area contributed by atoms with Crippen LogP contribution in [0.2, 0.25) is 0 Å². The smallest absolute Gasteiger partial charge is 0.0948 e. The first-order valence-corrected chi connectivity index (χ1v) is 5.42. The molecule has 2 unspecified atom stereocenters. The largest absolute Gasteiger partial charge is 0.378 e. The minimum absolute atomic E-state index is 0.349. The number of unbranched alkanes of at least 4 members (excludes halogenated alkanes) is 1. The Bertz CT molecular complexity index is 108. The highest BCUT2D eigenvalue weighted by atomic mass is 127. The quantitative estimate of drug-likeness (QED) is 0.442. The maximum absolute atomic E-state index is 5.62. The molecule has 0 N–H and O–H groups in total. The zero-order valence-corrected chi connectivity index (χ0v) is 9.04. The molecule has 1 fully saturated rings. The third-order valence-corrected chi connectivity index (χ3v) is 2.95. The van der Waals surface area contributed by atoms with Gasteiger partial charge in [0, 0.05) is 6.61 Å². The summed E-state index contributed by atoms with van der Waals surface area (Å²) < 4.78 is 11.5. The van der Waals surface area contributed by atoms with Gasteiger partial charge in [-0.15, -0.1) is 0 Å². The minimum atomic E-state index is 0.349. The number of halogens is 1. The predicted octanol–water partition coefficient (Wildman–Crippen LogP) is 2.01. The van der Waals surface area contributed by atoms with Crippen LogP contribution in [0.15, 0.2) is 0 Å². The molecule has 11 heavy (non-hydrogen) atoms. The van der Waals surface area contributed by atoms with Crippen molar-refractivity contribution in [2.45, 2.75) is 29.8 Å². The molecular weight excluding hydrogens is 255 g/mol. The van der Waals surface area contributed by atoms with Crippen LogP contribution in [0.25, 0.3) is 0 Å². The lowest BCUT2D eigenvalue weighted by molar-refractivity contribution is 0.0440. The molecule has 1 heterocycles. The minimum Gasteiger partial charge on any atom is -0.378 e. The van der Waals surface area contributed by atoms with Crippen LogP contribution in [0.3, 0.4) is 0 Å². The molecule has 0 aromatic rings. The standard InChI is InChI=1S/C8H15IO2/c1-2-3-4-11-8-6-10-5-7(8)9/h7-8H,2-6H2,1H3. The number of rotatable bonds is 4. The van der Waals surface area contributed by atoms with Gasteiger partial charge in [0.1, 0.15) is 0 Å². The summed E-state index contributed by atoms with van der Waals surface area (Å²) in [7, 11) is 0. The van der Waals surface area contributed by atoms with Crippen molar-refractivity contribution in [2.24, 2.45) is 0 Å². The summed E-state index contributed by atoms with van der Waals surface area (Å²) in [6.07, 6.45) is 2.72. The molecule has 2 nitrogen and oxygen atoms in total. The van der Waals surface area contributed by atoms with Gasteiger partial charge in [-0.1, -0.05) is 35.9 Å². The third-order valence-electron chi connectivity index (χ3n) is 1.79. The number of alkyl halides is 1. The average Bonchev–Trinajstić information content (AvgIpc) is 2.37. The topological polar surface area (TPSA) is 18.5 Å². The number of hydrogen-bond acceptors (Lipinski definition) is 2. The van der Waals surface area contributed by atoms with Crippen molar-refractivity contribution in [2.75, 3.05) is 19.8 Å². The molecule has 0 aliphatic carbocycles. The van der Waals surface area contributed by atoms with Crippen LogP contribution in [-0.4, -0.2) is 29.8 Å². The maximum atomic E-state index is 5.62. The highest BCUT2D eigenvalue weighted by molar-refractivity contribution is 14.1. The van der Waals surface area contributed by atoms with Crippen LogP contribution in [0, 0.1) is 0 Å². The van der Waals surface area contributed by atoms with E-state index in [1.165, 1.54) is 12.8 Å². The second-order valence-electron chi connectivity index (χ2n) is 2.82. The van der Waals surface area contributed by atoms with Crippen LogP contribution in [0.5, 0.6) is 0 Å².